The minimum atomic E-state index is -3.38. The first-order chi connectivity index (χ1) is 10.8. The van der Waals surface area contributed by atoms with Crippen LogP contribution in [0.5, 0.6) is 0 Å². The molecule has 0 saturated heterocycles. The number of benzene rings is 2. The van der Waals surface area contributed by atoms with Gasteiger partial charge in [0.1, 0.15) is 0 Å². The Morgan fingerprint density at radius 1 is 1.22 bits per heavy atom. The quantitative estimate of drug-likeness (QED) is 0.863. The van der Waals surface area contributed by atoms with Gasteiger partial charge in [0.25, 0.3) is 5.91 Å². The molecule has 5 nitrogen and oxygen atoms in total. The second-order valence-corrected chi connectivity index (χ2v) is 7.53. The van der Waals surface area contributed by atoms with E-state index in [1.54, 1.807) is 24.3 Å². The molecule has 0 aliphatic carbocycles. The molecule has 1 atom stereocenters. The highest BCUT2D eigenvalue weighted by atomic mass is 35.5. The summed E-state index contributed by atoms with van der Waals surface area (Å²) >= 11 is 5.78. The number of rotatable bonds is 5. The Balaban J connectivity index is 2.03. The van der Waals surface area contributed by atoms with E-state index in [0.717, 1.165) is 6.26 Å². The van der Waals surface area contributed by atoms with Gasteiger partial charge in [-0.15, -0.1) is 0 Å². The number of nitrogens with one attached hydrogen (secondary N) is 1. The molecule has 1 amide bonds. The van der Waals surface area contributed by atoms with Crippen molar-refractivity contribution in [2.75, 3.05) is 12.8 Å². The molecule has 0 radical (unpaired) electrons. The molecule has 0 aliphatic heterocycles. The van der Waals surface area contributed by atoms with Crippen molar-refractivity contribution in [2.45, 2.75) is 11.0 Å². The second-order valence-electron chi connectivity index (χ2n) is 5.08. The van der Waals surface area contributed by atoms with E-state index < -0.39 is 21.8 Å². The van der Waals surface area contributed by atoms with Gasteiger partial charge in [-0.05, 0) is 35.9 Å². The molecule has 2 rings (SSSR count). The molecule has 0 unspecified atom stereocenters. The average Bonchev–Trinajstić information content (AvgIpc) is 2.52. The summed E-state index contributed by atoms with van der Waals surface area (Å²) in [7, 11) is -3.38. The third-order valence-electron chi connectivity index (χ3n) is 3.24. The molecule has 0 aliphatic rings. The summed E-state index contributed by atoms with van der Waals surface area (Å²) in [5.41, 5.74) is 0.843. The predicted octanol–water partition coefficient (Wildman–Crippen LogP) is 2.21. The molecule has 0 spiro atoms. The standard InChI is InChI=1S/C16H16ClNO4S/c1-23(21,22)14-4-2-3-12(9-14)16(20)18-10-15(19)11-5-7-13(17)8-6-11/h2-9,15,19H,10H2,1H3,(H,18,20)/t15-/m0/s1. The monoisotopic (exact) mass is 353 g/mol. The lowest BCUT2D eigenvalue weighted by molar-refractivity contribution is 0.0916. The van der Waals surface area contributed by atoms with Gasteiger partial charge in [0.2, 0.25) is 0 Å². The summed E-state index contributed by atoms with van der Waals surface area (Å²) in [5, 5.41) is 13.2. The maximum atomic E-state index is 12.1. The van der Waals surface area contributed by atoms with Crippen molar-refractivity contribution in [1.82, 2.24) is 5.32 Å². The minimum absolute atomic E-state index is 0.00354. The molecule has 2 N–H and O–H groups in total. The fraction of sp³-hybridized carbons (Fsp3) is 0.188. The van der Waals surface area contributed by atoms with E-state index >= 15 is 0 Å². The molecule has 0 aromatic heterocycles. The Bertz CT molecular complexity index is 803. The molecule has 0 bridgehead atoms. The lowest BCUT2D eigenvalue weighted by atomic mass is 10.1. The average molecular weight is 354 g/mol. The summed E-state index contributed by atoms with van der Waals surface area (Å²) in [4.78, 5) is 12.1. The molecular formula is C16H16ClNO4S. The van der Waals surface area contributed by atoms with Crippen molar-refractivity contribution in [3.63, 3.8) is 0 Å². The largest absolute Gasteiger partial charge is 0.387 e. The molecule has 23 heavy (non-hydrogen) atoms. The molecular weight excluding hydrogens is 338 g/mol. The summed E-state index contributed by atoms with van der Waals surface area (Å²) in [6.07, 6.45) is 0.197. The van der Waals surface area contributed by atoms with Crippen LogP contribution in [-0.2, 0) is 9.84 Å². The van der Waals surface area contributed by atoms with Crippen molar-refractivity contribution in [1.29, 1.82) is 0 Å². The smallest absolute Gasteiger partial charge is 0.251 e. The normalized spacial score (nSPS) is 12.7. The first-order valence-corrected chi connectivity index (χ1v) is 9.06. The number of hydrogen-bond acceptors (Lipinski definition) is 4. The van der Waals surface area contributed by atoms with Crippen molar-refractivity contribution in [3.05, 3.63) is 64.7 Å². The van der Waals surface area contributed by atoms with Crippen LogP contribution in [0.1, 0.15) is 22.0 Å². The number of carbonyl (C=O) groups excluding carboxylic acids is 1. The Morgan fingerprint density at radius 3 is 2.48 bits per heavy atom. The number of sulfone groups is 1. The van der Waals surface area contributed by atoms with E-state index in [-0.39, 0.29) is 17.0 Å². The van der Waals surface area contributed by atoms with E-state index in [4.69, 9.17) is 11.6 Å². The van der Waals surface area contributed by atoms with Crippen LogP contribution < -0.4 is 5.32 Å². The van der Waals surface area contributed by atoms with Gasteiger partial charge in [0.05, 0.1) is 11.0 Å². The fourth-order valence-electron chi connectivity index (χ4n) is 1.96. The Labute approximate surface area is 139 Å². The van der Waals surface area contributed by atoms with Crippen LogP contribution in [0.4, 0.5) is 0 Å². The van der Waals surface area contributed by atoms with Gasteiger partial charge < -0.3 is 10.4 Å². The topological polar surface area (TPSA) is 83.5 Å². The van der Waals surface area contributed by atoms with Crippen LogP contribution in [0, 0.1) is 0 Å². The van der Waals surface area contributed by atoms with Crippen LogP contribution in [-0.4, -0.2) is 32.2 Å². The Hall–Kier alpha value is -1.89. The molecule has 2 aromatic carbocycles. The first kappa shape index (κ1) is 17.5. The Morgan fingerprint density at radius 2 is 1.87 bits per heavy atom. The van der Waals surface area contributed by atoms with Crippen molar-refractivity contribution in [2.24, 2.45) is 0 Å². The van der Waals surface area contributed by atoms with Crippen LogP contribution in [0.3, 0.4) is 0 Å². The zero-order valence-corrected chi connectivity index (χ0v) is 13.9. The van der Waals surface area contributed by atoms with E-state index in [0.29, 0.717) is 10.6 Å². The summed E-state index contributed by atoms with van der Waals surface area (Å²) < 4.78 is 23.0. The predicted molar refractivity (Wildman–Crippen MR) is 88.3 cm³/mol. The maximum Gasteiger partial charge on any atom is 0.251 e. The zero-order chi connectivity index (χ0) is 17.0. The highest BCUT2D eigenvalue weighted by Crippen LogP contribution is 2.16. The van der Waals surface area contributed by atoms with Gasteiger partial charge in [-0.1, -0.05) is 29.8 Å². The molecule has 2 aromatic rings. The number of halogens is 1. The van der Waals surface area contributed by atoms with Gasteiger partial charge >= 0.3 is 0 Å². The van der Waals surface area contributed by atoms with Gasteiger partial charge in [-0.2, -0.15) is 0 Å². The van der Waals surface area contributed by atoms with Crippen molar-refractivity contribution >= 4 is 27.3 Å². The molecule has 0 heterocycles. The third-order valence-corrected chi connectivity index (χ3v) is 4.60. The Kier molecular flexibility index (Phi) is 5.41. The molecule has 7 heteroatoms. The number of aliphatic hydroxyl groups excluding tert-OH is 1. The maximum absolute atomic E-state index is 12.1. The lowest BCUT2D eigenvalue weighted by Gasteiger charge is -2.12. The summed E-state index contributed by atoms with van der Waals surface area (Å²) in [6, 6.07) is 12.4. The summed E-state index contributed by atoms with van der Waals surface area (Å²) in [6.45, 7) is 0.00354. The van der Waals surface area contributed by atoms with E-state index in [9.17, 15) is 18.3 Å². The summed E-state index contributed by atoms with van der Waals surface area (Å²) in [5.74, 6) is -0.455. The highest BCUT2D eigenvalue weighted by Gasteiger charge is 2.13. The van der Waals surface area contributed by atoms with Crippen LogP contribution in [0.15, 0.2) is 53.4 Å². The SMILES string of the molecule is CS(=O)(=O)c1cccc(C(=O)NC[C@H](O)c2ccc(Cl)cc2)c1. The second kappa shape index (κ2) is 7.12. The van der Waals surface area contributed by atoms with Crippen LogP contribution >= 0.6 is 11.6 Å². The number of amides is 1. The van der Waals surface area contributed by atoms with Crippen molar-refractivity contribution < 1.29 is 18.3 Å². The molecule has 0 saturated carbocycles. The minimum Gasteiger partial charge on any atom is -0.387 e. The van der Waals surface area contributed by atoms with Gasteiger partial charge in [-0.25, -0.2) is 8.42 Å². The number of aliphatic hydroxyl groups is 1. The molecule has 122 valence electrons. The van der Waals surface area contributed by atoms with E-state index in [1.165, 1.54) is 24.3 Å². The third kappa shape index (κ3) is 4.79. The lowest BCUT2D eigenvalue weighted by Crippen LogP contribution is -2.28. The zero-order valence-electron chi connectivity index (χ0n) is 12.4. The number of hydrogen-bond donors (Lipinski definition) is 2. The van der Waals surface area contributed by atoms with Crippen LogP contribution in [0.25, 0.3) is 0 Å². The van der Waals surface area contributed by atoms with E-state index in [1.807, 2.05) is 0 Å². The van der Waals surface area contributed by atoms with Crippen LogP contribution in [0.2, 0.25) is 5.02 Å². The van der Waals surface area contributed by atoms with Gasteiger partial charge in [0, 0.05) is 23.4 Å². The van der Waals surface area contributed by atoms with E-state index in [2.05, 4.69) is 5.32 Å². The fourth-order valence-corrected chi connectivity index (χ4v) is 2.75. The number of carbonyl (C=O) groups is 1. The highest BCUT2D eigenvalue weighted by molar-refractivity contribution is 7.90. The first-order valence-electron chi connectivity index (χ1n) is 6.79. The van der Waals surface area contributed by atoms with Crippen molar-refractivity contribution in [3.8, 4) is 0 Å². The van der Waals surface area contributed by atoms with Gasteiger partial charge in [-0.3, -0.25) is 4.79 Å². The van der Waals surface area contributed by atoms with Gasteiger partial charge in [0.15, 0.2) is 9.84 Å². The molecule has 0 fully saturated rings.